The molecule has 0 saturated carbocycles. The predicted molar refractivity (Wildman–Crippen MR) is 92.4 cm³/mol. The quantitative estimate of drug-likeness (QED) is 0.739. The van der Waals surface area contributed by atoms with Crippen molar-refractivity contribution in [2.45, 2.75) is 30.6 Å². The number of nitrogens with zero attached hydrogens (tertiary/aromatic N) is 2. The Bertz CT molecular complexity index is 791. The predicted octanol–water partition coefficient (Wildman–Crippen LogP) is 2.66. The lowest BCUT2D eigenvalue weighted by molar-refractivity contribution is -0.151. The van der Waals surface area contributed by atoms with Crippen molar-refractivity contribution >= 4 is 38.7 Å². The first-order valence-electron chi connectivity index (χ1n) is 7.58. The van der Waals surface area contributed by atoms with Crippen LogP contribution in [0.15, 0.2) is 27.1 Å². The minimum atomic E-state index is -3.43. The molecule has 0 unspecified atom stereocenters. The number of sulfonamides is 1. The van der Waals surface area contributed by atoms with Gasteiger partial charge in [-0.25, -0.2) is 13.4 Å². The first-order chi connectivity index (χ1) is 11.5. The molecule has 3 rings (SSSR count). The van der Waals surface area contributed by atoms with E-state index in [1.807, 2.05) is 12.3 Å². The van der Waals surface area contributed by atoms with Gasteiger partial charge in [-0.3, -0.25) is 4.79 Å². The lowest BCUT2D eigenvalue weighted by atomic mass is 9.98. The van der Waals surface area contributed by atoms with Crippen molar-refractivity contribution < 1.29 is 17.9 Å². The van der Waals surface area contributed by atoms with E-state index >= 15 is 0 Å². The number of ether oxygens (including phenoxy) is 1. The van der Waals surface area contributed by atoms with Crippen LogP contribution in [0.5, 0.6) is 0 Å². The summed E-state index contributed by atoms with van der Waals surface area (Å²) in [7, 11) is -3.43. The van der Waals surface area contributed by atoms with Gasteiger partial charge in [-0.05, 0) is 31.2 Å². The first kappa shape index (κ1) is 17.5. The number of piperidine rings is 1. The second-order valence-electron chi connectivity index (χ2n) is 5.58. The zero-order valence-electron chi connectivity index (χ0n) is 13.2. The number of aryl methyl sites for hydroxylation is 1. The highest BCUT2D eigenvalue weighted by atomic mass is 32.2. The molecule has 2 aromatic rings. The molecule has 3 heterocycles. The molecule has 0 aliphatic carbocycles. The van der Waals surface area contributed by atoms with Crippen LogP contribution in [-0.4, -0.2) is 36.8 Å². The highest BCUT2D eigenvalue weighted by Crippen LogP contribution is 2.27. The van der Waals surface area contributed by atoms with Crippen molar-refractivity contribution in [1.82, 2.24) is 9.29 Å². The summed E-state index contributed by atoms with van der Waals surface area (Å²) in [5, 5.41) is 4.56. The molecule has 1 aliphatic rings. The lowest BCUT2D eigenvalue weighted by Crippen LogP contribution is -2.40. The maximum atomic E-state index is 12.5. The molecule has 0 amide bonds. The van der Waals surface area contributed by atoms with Crippen LogP contribution in [0.4, 0.5) is 0 Å². The van der Waals surface area contributed by atoms with Gasteiger partial charge in [-0.2, -0.15) is 4.31 Å². The molecule has 1 fully saturated rings. The lowest BCUT2D eigenvalue weighted by Gasteiger charge is -2.29. The normalized spacial score (nSPS) is 17.0. The smallest absolute Gasteiger partial charge is 0.309 e. The monoisotopic (exact) mass is 386 g/mol. The van der Waals surface area contributed by atoms with Crippen molar-refractivity contribution in [3.63, 3.8) is 0 Å². The third-order valence-electron chi connectivity index (χ3n) is 3.91. The largest absolute Gasteiger partial charge is 0.459 e. The Kier molecular flexibility index (Phi) is 5.33. The third kappa shape index (κ3) is 3.85. The number of aromatic nitrogens is 1. The number of thiophene rings is 1. The Hall–Kier alpha value is -1.29. The summed E-state index contributed by atoms with van der Waals surface area (Å²) in [4.78, 5) is 16.4. The molecule has 0 aromatic carbocycles. The number of carbonyl (C=O) groups is 1. The van der Waals surface area contributed by atoms with Crippen molar-refractivity contribution in [2.24, 2.45) is 5.92 Å². The second-order valence-corrected chi connectivity index (χ2v) is 9.75. The van der Waals surface area contributed by atoms with Gasteiger partial charge in [0.15, 0.2) is 0 Å². The molecular formula is C15H18N2O4S3. The molecule has 6 nitrogen and oxygen atoms in total. The van der Waals surface area contributed by atoms with Gasteiger partial charge in [-0.15, -0.1) is 22.7 Å². The summed E-state index contributed by atoms with van der Waals surface area (Å²) < 4.78 is 32.0. The summed E-state index contributed by atoms with van der Waals surface area (Å²) >= 11 is 2.73. The maximum absolute atomic E-state index is 12.5. The maximum Gasteiger partial charge on any atom is 0.309 e. The third-order valence-corrected chi connectivity index (χ3v) is 8.00. The summed E-state index contributed by atoms with van der Waals surface area (Å²) in [6.07, 6.45) is 0.971. The van der Waals surface area contributed by atoms with E-state index in [1.165, 1.54) is 27.0 Å². The van der Waals surface area contributed by atoms with Gasteiger partial charge in [0, 0.05) is 18.5 Å². The Balaban J connectivity index is 1.52. The zero-order chi connectivity index (χ0) is 17.2. The van der Waals surface area contributed by atoms with Crippen LogP contribution in [-0.2, 0) is 26.2 Å². The van der Waals surface area contributed by atoms with E-state index in [4.69, 9.17) is 4.74 Å². The summed E-state index contributed by atoms with van der Waals surface area (Å²) in [6, 6.07) is 3.33. The SMILES string of the molecule is Cc1nc(COC(=O)C2CCN(S(=O)(=O)c3cccs3)CC2)cs1. The zero-order valence-corrected chi connectivity index (χ0v) is 15.6. The number of hydrogen-bond donors (Lipinski definition) is 0. The molecule has 24 heavy (non-hydrogen) atoms. The molecule has 0 N–H and O–H groups in total. The van der Waals surface area contributed by atoms with E-state index in [0.717, 1.165) is 10.7 Å². The molecule has 0 bridgehead atoms. The van der Waals surface area contributed by atoms with Crippen LogP contribution in [0.2, 0.25) is 0 Å². The Morgan fingerprint density at radius 1 is 1.38 bits per heavy atom. The van der Waals surface area contributed by atoms with E-state index in [0.29, 0.717) is 30.1 Å². The highest BCUT2D eigenvalue weighted by Gasteiger charge is 2.33. The number of esters is 1. The average molecular weight is 387 g/mol. The van der Waals surface area contributed by atoms with Gasteiger partial charge >= 0.3 is 5.97 Å². The van der Waals surface area contributed by atoms with Gasteiger partial charge < -0.3 is 4.74 Å². The molecule has 9 heteroatoms. The minimum Gasteiger partial charge on any atom is -0.459 e. The van der Waals surface area contributed by atoms with Gasteiger partial charge in [0.25, 0.3) is 10.0 Å². The summed E-state index contributed by atoms with van der Waals surface area (Å²) in [5.41, 5.74) is 0.753. The summed E-state index contributed by atoms with van der Waals surface area (Å²) in [5.74, 6) is -0.520. The molecule has 0 atom stereocenters. The molecule has 130 valence electrons. The van der Waals surface area contributed by atoms with E-state index in [1.54, 1.807) is 17.5 Å². The van der Waals surface area contributed by atoms with Crippen LogP contribution in [0.3, 0.4) is 0 Å². The molecule has 1 aliphatic heterocycles. The van der Waals surface area contributed by atoms with Crippen LogP contribution >= 0.6 is 22.7 Å². The first-order valence-corrected chi connectivity index (χ1v) is 10.8. The number of hydrogen-bond acceptors (Lipinski definition) is 7. The van der Waals surface area contributed by atoms with E-state index in [-0.39, 0.29) is 18.5 Å². The molecular weight excluding hydrogens is 368 g/mol. The van der Waals surface area contributed by atoms with Crippen molar-refractivity contribution in [3.8, 4) is 0 Å². The summed E-state index contributed by atoms with van der Waals surface area (Å²) in [6.45, 7) is 2.77. The van der Waals surface area contributed by atoms with Crippen LogP contribution in [0, 0.1) is 12.8 Å². The molecule has 0 radical (unpaired) electrons. The molecule has 2 aromatic heterocycles. The number of carbonyl (C=O) groups excluding carboxylic acids is 1. The fourth-order valence-corrected chi connectivity index (χ4v) is 5.82. The van der Waals surface area contributed by atoms with Gasteiger partial charge in [0.05, 0.1) is 16.6 Å². The minimum absolute atomic E-state index is 0.177. The standard InChI is InChI=1S/C15H18N2O4S3/c1-11-16-13(10-23-11)9-21-15(18)12-4-6-17(7-5-12)24(19,20)14-3-2-8-22-14/h2-3,8,10,12H,4-7,9H2,1H3. The van der Waals surface area contributed by atoms with Crippen LogP contribution in [0.1, 0.15) is 23.5 Å². The van der Waals surface area contributed by atoms with Crippen LogP contribution in [0.25, 0.3) is 0 Å². The highest BCUT2D eigenvalue weighted by molar-refractivity contribution is 7.91. The Morgan fingerprint density at radius 2 is 2.12 bits per heavy atom. The average Bonchev–Trinajstić information content (AvgIpc) is 3.24. The molecule has 1 saturated heterocycles. The van der Waals surface area contributed by atoms with E-state index in [9.17, 15) is 13.2 Å². The Morgan fingerprint density at radius 3 is 2.71 bits per heavy atom. The van der Waals surface area contributed by atoms with Gasteiger partial charge in [-0.1, -0.05) is 6.07 Å². The number of thiazole rings is 1. The van der Waals surface area contributed by atoms with Gasteiger partial charge in [0.1, 0.15) is 10.8 Å². The van der Waals surface area contributed by atoms with E-state index < -0.39 is 10.0 Å². The second kappa shape index (κ2) is 7.30. The fraction of sp³-hybridized carbons (Fsp3) is 0.467. The fourth-order valence-electron chi connectivity index (χ4n) is 2.61. The van der Waals surface area contributed by atoms with Gasteiger partial charge in [0.2, 0.25) is 0 Å². The van der Waals surface area contributed by atoms with Crippen molar-refractivity contribution in [3.05, 3.63) is 33.6 Å². The van der Waals surface area contributed by atoms with Crippen molar-refractivity contribution in [2.75, 3.05) is 13.1 Å². The molecule has 0 spiro atoms. The van der Waals surface area contributed by atoms with Crippen molar-refractivity contribution in [1.29, 1.82) is 0 Å². The number of rotatable bonds is 5. The van der Waals surface area contributed by atoms with Crippen LogP contribution < -0.4 is 0 Å². The topological polar surface area (TPSA) is 76.6 Å². The Labute approximate surface area is 149 Å². The van der Waals surface area contributed by atoms with E-state index in [2.05, 4.69) is 4.98 Å².